The third kappa shape index (κ3) is 3.14. The van der Waals surface area contributed by atoms with Gasteiger partial charge < -0.3 is 4.90 Å². The van der Waals surface area contributed by atoms with E-state index in [0.29, 0.717) is 12.0 Å². The molecule has 0 N–H and O–H groups in total. The predicted octanol–water partition coefficient (Wildman–Crippen LogP) is 6.03. The van der Waals surface area contributed by atoms with Crippen molar-refractivity contribution in [2.24, 2.45) is 0 Å². The van der Waals surface area contributed by atoms with Crippen LogP contribution in [-0.4, -0.2) is 20.8 Å². The topological polar surface area (TPSA) is 34.0 Å². The van der Waals surface area contributed by atoms with Crippen LogP contribution in [0, 0.1) is 6.92 Å². The minimum absolute atomic E-state index is 0.605. The third-order valence-corrected chi connectivity index (χ3v) is 6.63. The van der Waals surface area contributed by atoms with E-state index < -0.39 is 0 Å². The van der Waals surface area contributed by atoms with Crippen molar-refractivity contribution in [2.75, 3.05) is 4.90 Å². The van der Waals surface area contributed by atoms with Crippen molar-refractivity contribution in [3.8, 4) is 0 Å². The molecule has 3 aromatic heterocycles. The van der Waals surface area contributed by atoms with Gasteiger partial charge in [0.05, 0.1) is 34.8 Å². The first-order chi connectivity index (χ1) is 14.3. The van der Waals surface area contributed by atoms with Crippen molar-refractivity contribution < 1.29 is 0 Å². The fourth-order valence-electron chi connectivity index (χ4n) is 4.32. The predicted molar refractivity (Wildman–Crippen MR) is 119 cm³/mol. The van der Waals surface area contributed by atoms with Crippen molar-refractivity contribution in [3.63, 3.8) is 0 Å². The summed E-state index contributed by atoms with van der Waals surface area (Å²) in [5.74, 6) is 0.605. The average Bonchev–Trinajstić information content (AvgIpc) is 3.64. The van der Waals surface area contributed by atoms with Gasteiger partial charge in [0.1, 0.15) is 0 Å². The summed E-state index contributed by atoms with van der Waals surface area (Å²) in [6.45, 7) is 2.77. The molecular weight excluding hydrogens is 376 g/mol. The fourth-order valence-corrected chi connectivity index (χ4v) is 4.95. The van der Waals surface area contributed by atoms with Crippen molar-refractivity contribution in [3.05, 3.63) is 70.3 Å². The summed E-state index contributed by atoms with van der Waals surface area (Å²) in [5.41, 5.74) is 7.28. The van der Waals surface area contributed by atoms with Crippen LogP contribution in [0.5, 0.6) is 0 Å². The van der Waals surface area contributed by atoms with E-state index in [1.807, 2.05) is 13.0 Å². The van der Waals surface area contributed by atoms with Crippen LogP contribution in [0.3, 0.4) is 0 Å². The van der Waals surface area contributed by atoms with Gasteiger partial charge in [-0.3, -0.25) is 9.67 Å². The van der Waals surface area contributed by atoms with Gasteiger partial charge in [0.25, 0.3) is 0 Å². The first-order valence-electron chi connectivity index (χ1n) is 10.5. The van der Waals surface area contributed by atoms with Crippen molar-refractivity contribution >= 4 is 33.6 Å². The Labute approximate surface area is 174 Å². The van der Waals surface area contributed by atoms with Crippen LogP contribution in [0.15, 0.2) is 53.2 Å². The summed E-state index contributed by atoms with van der Waals surface area (Å²) in [5, 5.41) is 10.9. The zero-order chi connectivity index (χ0) is 19.4. The van der Waals surface area contributed by atoms with Gasteiger partial charge in [0, 0.05) is 28.4 Å². The molecule has 0 atom stereocenters. The number of anilines is 2. The molecule has 0 aliphatic heterocycles. The van der Waals surface area contributed by atoms with E-state index >= 15 is 0 Å². The molecule has 2 aliphatic rings. The number of benzene rings is 1. The number of pyridine rings is 1. The van der Waals surface area contributed by atoms with Crippen LogP contribution >= 0.6 is 11.3 Å². The lowest BCUT2D eigenvalue weighted by atomic mass is 10.1. The molecule has 0 spiro atoms. The summed E-state index contributed by atoms with van der Waals surface area (Å²) < 4.78 is 2.17. The van der Waals surface area contributed by atoms with E-state index in [0.717, 1.165) is 17.9 Å². The molecule has 4 nitrogen and oxygen atoms in total. The maximum Gasteiger partial charge on any atom is 0.0838 e. The lowest BCUT2D eigenvalue weighted by Gasteiger charge is -2.24. The van der Waals surface area contributed by atoms with E-state index in [9.17, 15) is 0 Å². The second-order valence-corrected chi connectivity index (χ2v) is 9.12. The van der Waals surface area contributed by atoms with Gasteiger partial charge in [-0.1, -0.05) is 12.1 Å². The first kappa shape index (κ1) is 17.2. The number of rotatable bonds is 6. The van der Waals surface area contributed by atoms with Gasteiger partial charge in [0.15, 0.2) is 0 Å². The molecule has 1 aromatic carbocycles. The number of aromatic nitrogens is 3. The summed E-state index contributed by atoms with van der Waals surface area (Å²) >= 11 is 1.77. The van der Waals surface area contributed by atoms with Gasteiger partial charge in [-0.05, 0) is 68.3 Å². The molecule has 0 radical (unpaired) electrons. The van der Waals surface area contributed by atoms with Crippen LogP contribution in [0.4, 0.5) is 11.4 Å². The number of aryl methyl sites for hydroxylation is 1. The Morgan fingerprint density at radius 3 is 2.66 bits per heavy atom. The highest BCUT2D eigenvalue weighted by Crippen LogP contribution is 2.48. The van der Waals surface area contributed by atoms with Crippen molar-refractivity contribution in [1.29, 1.82) is 0 Å². The monoisotopic (exact) mass is 400 g/mol. The first-order valence-corrected chi connectivity index (χ1v) is 11.5. The summed E-state index contributed by atoms with van der Waals surface area (Å²) in [6.07, 6.45) is 5.05. The lowest BCUT2D eigenvalue weighted by molar-refractivity contribution is 0.679. The van der Waals surface area contributed by atoms with Crippen LogP contribution < -0.4 is 4.90 Å². The van der Waals surface area contributed by atoms with Gasteiger partial charge in [-0.25, -0.2) is 0 Å². The highest BCUT2D eigenvalue weighted by molar-refractivity contribution is 7.08. The molecule has 146 valence electrons. The molecule has 29 heavy (non-hydrogen) atoms. The molecule has 2 saturated carbocycles. The summed E-state index contributed by atoms with van der Waals surface area (Å²) in [6, 6.07) is 15.8. The van der Waals surface area contributed by atoms with E-state index in [1.165, 1.54) is 53.7 Å². The van der Waals surface area contributed by atoms with Gasteiger partial charge in [0.2, 0.25) is 0 Å². The molecule has 6 rings (SSSR count). The normalized spacial score (nSPS) is 16.4. The Balaban J connectivity index is 1.51. The Morgan fingerprint density at radius 1 is 1.07 bits per heavy atom. The molecule has 0 amide bonds. The summed E-state index contributed by atoms with van der Waals surface area (Å²) in [7, 11) is 0. The zero-order valence-electron chi connectivity index (χ0n) is 16.6. The zero-order valence-corrected chi connectivity index (χ0v) is 17.4. The standard InChI is InChI=1S/C24H24N4S/c1-16-4-2-5-18(25-16)14-27-21-6-3-7-22(23(21)24(26-27)17-8-9-17)28(19-10-11-19)20-12-13-29-15-20/h2-7,12-13,15,17,19H,8-11,14H2,1H3. The van der Waals surface area contributed by atoms with Crippen LogP contribution in [-0.2, 0) is 6.54 Å². The fraction of sp³-hybridized carbons (Fsp3) is 0.333. The Morgan fingerprint density at radius 2 is 1.93 bits per heavy atom. The maximum absolute atomic E-state index is 5.13. The minimum Gasteiger partial charge on any atom is -0.337 e. The van der Waals surface area contributed by atoms with E-state index in [4.69, 9.17) is 10.1 Å². The van der Waals surface area contributed by atoms with Gasteiger partial charge >= 0.3 is 0 Å². The van der Waals surface area contributed by atoms with Gasteiger partial charge in [-0.15, -0.1) is 0 Å². The molecule has 0 unspecified atom stereocenters. The van der Waals surface area contributed by atoms with E-state index in [2.05, 4.69) is 56.7 Å². The maximum atomic E-state index is 5.13. The molecule has 4 aromatic rings. The quantitative estimate of drug-likeness (QED) is 0.396. The number of nitrogens with zero attached hydrogens (tertiary/aromatic N) is 4. The summed E-state index contributed by atoms with van der Waals surface area (Å²) in [4.78, 5) is 7.27. The Kier molecular flexibility index (Phi) is 3.98. The largest absolute Gasteiger partial charge is 0.337 e. The van der Waals surface area contributed by atoms with Crippen LogP contribution in [0.25, 0.3) is 10.9 Å². The van der Waals surface area contributed by atoms with Gasteiger partial charge in [-0.2, -0.15) is 16.4 Å². The number of hydrogen-bond acceptors (Lipinski definition) is 4. The van der Waals surface area contributed by atoms with Crippen molar-refractivity contribution in [1.82, 2.24) is 14.8 Å². The third-order valence-electron chi connectivity index (χ3n) is 5.96. The lowest BCUT2D eigenvalue weighted by Crippen LogP contribution is -2.19. The minimum atomic E-state index is 0.605. The molecule has 5 heteroatoms. The van der Waals surface area contributed by atoms with Crippen LogP contribution in [0.1, 0.15) is 48.7 Å². The average molecular weight is 401 g/mol. The molecule has 0 bridgehead atoms. The smallest absolute Gasteiger partial charge is 0.0838 e. The van der Waals surface area contributed by atoms with E-state index in [1.54, 1.807) is 11.3 Å². The second kappa shape index (κ2) is 6.70. The van der Waals surface area contributed by atoms with E-state index in [-0.39, 0.29) is 0 Å². The SMILES string of the molecule is Cc1cccc(Cn2nc(C3CC3)c3c(N(c4ccsc4)C4CC4)cccc32)n1. The molecule has 3 heterocycles. The molecule has 2 aliphatic carbocycles. The Bertz CT molecular complexity index is 1170. The highest BCUT2D eigenvalue weighted by atomic mass is 32.1. The Hall–Kier alpha value is -2.66. The van der Waals surface area contributed by atoms with Crippen LogP contribution in [0.2, 0.25) is 0 Å². The highest BCUT2D eigenvalue weighted by Gasteiger charge is 2.35. The molecule has 2 fully saturated rings. The number of thiophene rings is 1. The molecular formula is C24H24N4S. The van der Waals surface area contributed by atoms with Crippen molar-refractivity contribution in [2.45, 2.75) is 51.1 Å². The number of hydrogen-bond donors (Lipinski definition) is 0. The second-order valence-electron chi connectivity index (χ2n) is 8.34. The number of fused-ring (bicyclic) bond motifs is 1. The molecule has 0 saturated heterocycles.